The highest BCUT2D eigenvalue weighted by Gasteiger charge is 1.92. The van der Waals surface area contributed by atoms with Gasteiger partial charge in [-0.05, 0) is 26.0 Å². The number of anilines is 1. The molecule has 0 radical (unpaired) electrons. The molecule has 0 heterocycles. The Kier molecular flexibility index (Phi) is 4.24. The van der Waals surface area contributed by atoms with Crippen molar-refractivity contribution in [2.45, 2.75) is 13.8 Å². The summed E-state index contributed by atoms with van der Waals surface area (Å²) >= 11 is 0. The third-order valence-electron chi connectivity index (χ3n) is 1.83. The van der Waals surface area contributed by atoms with Crippen LogP contribution in [0.5, 0.6) is 0 Å². The number of aryl methyl sites for hydroxylation is 1. The predicted octanol–water partition coefficient (Wildman–Crippen LogP) is 1.74. The van der Waals surface area contributed by atoms with E-state index in [1.807, 2.05) is 31.2 Å². The number of nitrogens with one attached hydrogen (secondary N) is 1. The summed E-state index contributed by atoms with van der Waals surface area (Å²) in [6.07, 6.45) is 0. The summed E-state index contributed by atoms with van der Waals surface area (Å²) in [5.41, 5.74) is 7.81. The monoisotopic (exact) mass is 201 g/mol. The van der Waals surface area contributed by atoms with E-state index in [1.165, 1.54) is 5.56 Å². The van der Waals surface area contributed by atoms with Gasteiger partial charge in [-0.2, -0.15) is 0 Å². The molecule has 0 saturated heterocycles. The van der Waals surface area contributed by atoms with Crippen molar-refractivity contribution in [2.24, 2.45) is 10.7 Å². The fraction of sp³-hybridized carbons (Fsp3) is 0.250. The summed E-state index contributed by atoms with van der Waals surface area (Å²) in [4.78, 5) is 4.04. The normalized spacial score (nSPS) is 10.4. The van der Waals surface area contributed by atoms with Gasteiger partial charge in [0.25, 0.3) is 0 Å². The number of nitrogens with zero attached hydrogens (tertiary/aromatic N) is 1. The lowest BCUT2D eigenvalue weighted by atomic mass is 10.2. The molecule has 0 amide bonds. The maximum Gasteiger partial charge on any atom is 0.194 e. The molecule has 1 rings (SSSR count). The van der Waals surface area contributed by atoms with E-state index in [9.17, 15) is 0 Å². The maximum atomic E-state index is 5.66. The first-order valence-electron chi connectivity index (χ1n) is 4.75. The van der Waals surface area contributed by atoms with E-state index in [1.54, 1.807) is 6.92 Å². The number of nitrogens with two attached hydrogens (primary N) is 1. The highest BCUT2D eigenvalue weighted by molar-refractivity contribution is 5.92. The van der Waals surface area contributed by atoms with E-state index in [4.69, 9.17) is 5.73 Å². The molecule has 0 aliphatic heterocycles. The molecule has 0 atom stereocenters. The Morgan fingerprint density at radius 1 is 1.40 bits per heavy atom. The van der Waals surface area contributed by atoms with Gasteiger partial charge in [0.15, 0.2) is 5.96 Å². The molecular weight excluding hydrogens is 186 g/mol. The summed E-state index contributed by atoms with van der Waals surface area (Å²) in [7, 11) is 0. The zero-order chi connectivity index (χ0) is 11.1. The molecule has 0 aromatic heterocycles. The molecule has 0 aliphatic rings. The van der Waals surface area contributed by atoms with Crippen molar-refractivity contribution in [3.8, 4) is 11.8 Å². The zero-order valence-corrected chi connectivity index (χ0v) is 9.04. The first kappa shape index (κ1) is 11.1. The van der Waals surface area contributed by atoms with Crippen molar-refractivity contribution in [3.05, 3.63) is 29.8 Å². The van der Waals surface area contributed by atoms with Gasteiger partial charge in [-0.15, -0.1) is 5.92 Å². The van der Waals surface area contributed by atoms with Crippen molar-refractivity contribution in [3.63, 3.8) is 0 Å². The van der Waals surface area contributed by atoms with Crippen LogP contribution in [0.2, 0.25) is 0 Å². The van der Waals surface area contributed by atoms with E-state index in [0.29, 0.717) is 12.5 Å². The van der Waals surface area contributed by atoms with Crippen molar-refractivity contribution in [1.29, 1.82) is 0 Å². The third-order valence-corrected chi connectivity index (χ3v) is 1.83. The van der Waals surface area contributed by atoms with Crippen LogP contribution in [0.25, 0.3) is 0 Å². The fourth-order valence-electron chi connectivity index (χ4n) is 1.03. The molecule has 1 aromatic rings. The summed E-state index contributed by atoms with van der Waals surface area (Å²) in [6.45, 7) is 4.25. The molecule has 78 valence electrons. The SMILES string of the molecule is CC#CCN=C(N)Nc1ccc(C)cc1. The van der Waals surface area contributed by atoms with Gasteiger partial charge in [0.2, 0.25) is 0 Å². The molecule has 15 heavy (non-hydrogen) atoms. The first-order chi connectivity index (χ1) is 7.22. The number of guanidine groups is 1. The maximum absolute atomic E-state index is 5.66. The summed E-state index contributed by atoms with van der Waals surface area (Å²) in [5, 5.41) is 2.99. The third kappa shape index (κ3) is 4.19. The predicted molar refractivity (Wildman–Crippen MR) is 64.7 cm³/mol. The zero-order valence-electron chi connectivity index (χ0n) is 9.04. The van der Waals surface area contributed by atoms with Crippen LogP contribution < -0.4 is 11.1 Å². The second kappa shape index (κ2) is 5.71. The Labute approximate surface area is 90.4 Å². The summed E-state index contributed by atoms with van der Waals surface area (Å²) in [6, 6.07) is 7.95. The molecule has 0 saturated carbocycles. The molecule has 3 N–H and O–H groups in total. The van der Waals surface area contributed by atoms with Crippen LogP contribution in [0.1, 0.15) is 12.5 Å². The second-order valence-corrected chi connectivity index (χ2v) is 3.12. The van der Waals surface area contributed by atoms with Gasteiger partial charge in [0.05, 0.1) is 0 Å². The largest absolute Gasteiger partial charge is 0.370 e. The van der Waals surface area contributed by atoms with Crippen molar-refractivity contribution in [1.82, 2.24) is 0 Å². The Morgan fingerprint density at radius 3 is 2.67 bits per heavy atom. The smallest absolute Gasteiger partial charge is 0.194 e. The molecule has 0 fully saturated rings. The topological polar surface area (TPSA) is 50.4 Å². The fourth-order valence-corrected chi connectivity index (χ4v) is 1.03. The quantitative estimate of drug-likeness (QED) is 0.435. The molecule has 1 aromatic carbocycles. The van der Waals surface area contributed by atoms with E-state index in [-0.39, 0.29) is 0 Å². The Morgan fingerprint density at radius 2 is 2.07 bits per heavy atom. The molecule has 0 unspecified atom stereocenters. The number of benzene rings is 1. The van der Waals surface area contributed by atoms with Gasteiger partial charge in [-0.3, -0.25) is 0 Å². The van der Waals surface area contributed by atoms with Crippen LogP contribution in [0.4, 0.5) is 5.69 Å². The summed E-state index contributed by atoms with van der Waals surface area (Å²) < 4.78 is 0. The lowest BCUT2D eigenvalue weighted by molar-refractivity contribution is 1.26. The molecule has 0 aliphatic carbocycles. The van der Waals surface area contributed by atoms with Gasteiger partial charge < -0.3 is 11.1 Å². The van der Waals surface area contributed by atoms with Crippen LogP contribution in [-0.2, 0) is 0 Å². The number of hydrogen-bond donors (Lipinski definition) is 2. The highest BCUT2D eigenvalue weighted by Crippen LogP contribution is 2.07. The number of rotatable bonds is 2. The number of hydrogen-bond acceptors (Lipinski definition) is 1. The average Bonchev–Trinajstić information content (AvgIpc) is 2.22. The van der Waals surface area contributed by atoms with Gasteiger partial charge in [0, 0.05) is 5.69 Å². The Hall–Kier alpha value is -1.95. The minimum atomic E-state index is 0.390. The lowest BCUT2D eigenvalue weighted by Crippen LogP contribution is -2.22. The van der Waals surface area contributed by atoms with Gasteiger partial charge in [0.1, 0.15) is 6.54 Å². The summed E-state index contributed by atoms with van der Waals surface area (Å²) in [5.74, 6) is 5.96. The minimum absolute atomic E-state index is 0.390. The van der Waals surface area contributed by atoms with Crippen LogP contribution in [0.3, 0.4) is 0 Å². The van der Waals surface area contributed by atoms with E-state index < -0.39 is 0 Å². The molecule has 3 heteroatoms. The Balaban J connectivity index is 2.56. The van der Waals surface area contributed by atoms with Gasteiger partial charge in [-0.25, -0.2) is 4.99 Å². The van der Waals surface area contributed by atoms with Crippen LogP contribution in [-0.4, -0.2) is 12.5 Å². The molecular formula is C12H15N3. The lowest BCUT2D eigenvalue weighted by Gasteiger charge is -2.04. The van der Waals surface area contributed by atoms with Crippen molar-refractivity contribution < 1.29 is 0 Å². The number of aliphatic imine (C=N–C) groups is 1. The van der Waals surface area contributed by atoms with E-state index >= 15 is 0 Å². The second-order valence-electron chi connectivity index (χ2n) is 3.12. The van der Waals surface area contributed by atoms with Gasteiger partial charge in [-0.1, -0.05) is 23.6 Å². The van der Waals surface area contributed by atoms with Gasteiger partial charge >= 0.3 is 0 Å². The minimum Gasteiger partial charge on any atom is -0.370 e. The van der Waals surface area contributed by atoms with E-state index in [0.717, 1.165) is 5.69 Å². The van der Waals surface area contributed by atoms with Crippen LogP contribution in [0.15, 0.2) is 29.3 Å². The standard InChI is InChI=1S/C12H15N3/c1-3-4-9-14-12(13)15-11-7-5-10(2)6-8-11/h5-8H,9H2,1-2H3,(H3,13,14,15). The molecule has 3 nitrogen and oxygen atoms in total. The van der Waals surface area contributed by atoms with Crippen molar-refractivity contribution >= 4 is 11.6 Å². The Bertz CT molecular complexity index is 393. The molecule has 0 spiro atoms. The highest BCUT2D eigenvalue weighted by atomic mass is 15.1. The van der Waals surface area contributed by atoms with E-state index in [2.05, 4.69) is 22.2 Å². The van der Waals surface area contributed by atoms with Crippen LogP contribution >= 0.6 is 0 Å². The molecule has 0 bridgehead atoms. The van der Waals surface area contributed by atoms with Crippen LogP contribution in [0, 0.1) is 18.8 Å². The van der Waals surface area contributed by atoms with Crippen molar-refractivity contribution in [2.75, 3.05) is 11.9 Å². The first-order valence-corrected chi connectivity index (χ1v) is 4.75. The average molecular weight is 201 g/mol.